The maximum absolute atomic E-state index is 13.4. The number of pyridine rings is 2. The third kappa shape index (κ3) is 5.57. The third-order valence-corrected chi connectivity index (χ3v) is 5.24. The molecule has 172 valence electrons. The van der Waals surface area contributed by atoms with Crippen LogP contribution in [0, 0.1) is 11.9 Å². The lowest BCUT2D eigenvalue weighted by atomic mass is 10.1. The molecule has 0 aliphatic carbocycles. The first-order valence-electron chi connectivity index (χ1n) is 10.2. The molecule has 1 aliphatic heterocycles. The second-order valence-corrected chi connectivity index (χ2v) is 7.83. The molecule has 0 unspecified atom stereocenters. The first-order valence-corrected chi connectivity index (χ1v) is 10.2. The standard InChI is InChI=1S/C23H20F4N4O2/c1-14-8-9-31(13-14)21-19(15-2-7-20(24)28-11-15)10-16(12-29-21)22(32)30-17-3-5-18(6-4-17)33-23(25,26)27/h2-7,10-12,14H,8-9,13H2,1H3,(H,30,32)/t14-/m1/s1. The van der Waals surface area contributed by atoms with Crippen molar-refractivity contribution in [2.75, 3.05) is 23.3 Å². The molecular formula is C23H20F4N4O2. The van der Waals surface area contributed by atoms with E-state index in [0.717, 1.165) is 31.6 Å². The highest BCUT2D eigenvalue weighted by Crippen LogP contribution is 2.33. The average molecular weight is 460 g/mol. The van der Waals surface area contributed by atoms with Crippen molar-refractivity contribution in [2.45, 2.75) is 19.7 Å². The number of hydrogen-bond acceptors (Lipinski definition) is 5. The van der Waals surface area contributed by atoms with Crippen molar-refractivity contribution in [3.8, 4) is 16.9 Å². The van der Waals surface area contributed by atoms with Crippen LogP contribution < -0.4 is 15.0 Å². The molecule has 0 bridgehead atoms. The van der Waals surface area contributed by atoms with Crippen molar-refractivity contribution in [1.29, 1.82) is 0 Å². The van der Waals surface area contributed by atoms with Gasteiger partial charge in [-0.05, 0) is 54.8 Å². The van der Waals surface area contributed by atoms with Crippen molar-refractivity contribution in [3.63, 3.8) is 0 Å². The smallest absolute Gasteiger partial charge is 0.406 e. The van der Waals surface area contributed by atoms with E-state index in [4.69, 9.17) is 0 Å². The van der Waals surface area contributed by atoms with Crippen LogP contribution >= 0.6 is 0 Å². The Hall–Kier alpha value is -3.69. The van der Waals surface area contributed by atoms with Crippen LogP contribution in [0.25, 0.3) is 11.1 Å². The number of nitrogens with one attached hydrogen (secondary N) is 1. The van der Waals surface area contributed by atoms with E-state index in [1.165, 1.54) is 30.6 Å². The molecule has 3 aromatic rings. The third-order valence-electron chi connectivity index (χ3n) is 5.24. The summed E-state index contributed by atoms with van der Waals surface area (Å²) in [5, 5.41) is 2.63. The molecule has 1 N–H and O–H groups in total. The van der Waals surface area contributed by atoms with E-state index in [0.29, 0.717) is 22.9 Å². The first kappa shape index (κ1) is 22.5. The van der Waals surface area contributed by atoms with E-state index in [1.807, 2.05) is 0 Å². The Balaban J connectivity index is 1.59. The van der Waals surface area contributed by atoms with Crippen LogP contribution in [-0.4, -0.2) is 35.3 Å². The molecule has 1 saturated heterocycles. The van der Waals surface area contributed by atoms with Crippen molar-refractivity contribution in [1.82, 2.24) is 9.97 Å². The van der Waals surface area contributed by atoms with Gasteiger partial charge in [-0.25, -0.2) is 9.97 Å². The van der Waals surface area contributed by atoms with Crippen LogP contribution in [0.2, 0.25) is 0 Å². The van der Waals surface area contributed by atoms with Gasteiger partial charge in [-0.2, -0.15) is 4.39 Å². The first-order chi connectivity index (χ1) is 15.7. The number of nitrogens with zero attached hydrogens (tertiary/aromatic N) is 3. The topological polar surface area (TPSA) is 67.4 Å². The molecule has 0 radical (unpaired) electrons. The lowest BCUT2D eigenvalue weighted by Crippen LogP contribution is -2.22. The summed E-state index contributed by atoms with van der Waals surface area (Å²) >= 11 is 0. The maximum atomic E-state index is 13.4. The van der Waals surface area contributed by atoms with Gasteiger partial charge < -0.3 is 15.0 Å². The Morgan fingerprint density at radius 3 is 2.48 bits per heavy atom. The molecule has 4 rings (SSSR count). The fraction of sp³-hybridized carbons (Fsp3) is 0.261. The van der Waals surface area contributed by atoms with E-state index in [9.17, 15) is 22.4 Å². The number of carbonyl (C=O) groups excluding carboxylic acids is 1. The number of halogens is 4. The minimum absolute atomic E-state index is 0.237. The van der Waals surface area contributed by atoms with Gasteiger partial charge in [-0.15, -0.1) is 13.2 Å². The number of hydrogen-bond donors (Lipinski definition) is 1. The molecule has 10 heteroatoms. The molecule has 1 fully saturated rings. The summed E-state index contributed by atoms with van der Waals surface area (Å²) in [6.07, 6.45) is -0.957. The fourth-order valence-corrected chi connectivity index (χ4v) is 3.65. The minimum atomic E-state index is -4.79. The Labute approximate surface area is 187 Å². The Bertz CT molecular complexity index is 1130. The summed E-state index contributed by atoms with van der Waals surface area (Å²) in [5.41, 5.74) is 1.78. The molecule has 1 atom stereocenters. The number of carbonyl (C=O) groups is 1. The number of aromatic nitrogens is 2. The Kier molecular flexibility index (Phi) is 6.17. The maximum Gasteiger partial charge on any atom is 0.573 e. The highest BCUT2D eigenvalue weighted by Gasteiger charge is 2.31. The molecule has 0 saturated carbocycles. The lowest BCUT2D eigenvalue weighted by Gasteiger charge is -2.21. The second kappa shape index (κ2) is 9.05. The number of ether oxygens (including phenoxy) is 1. The zero-order valence-corrected chi connectivity index (χ0v) is 17.6. The van der Waals surface area contributed by atoms with Gasteiger partial charge in [0.1, 0.15) is 11.6 Å². The van der Waals surface area contributed by atoms with Gasteiger partial charge in [0.25, 0.3) is 5.91 Å². The normalized spacial score (nSPS) is 16.0. The van der Waals surface area contributed by atoms with Crippen molar-refractivity contribution < 1.29 is 27.1 Å². The lowest BCUT2D eigenvalue weighted by molar-refractivity contribution is -0.274. The number of amides is 1. The second-order valence-electron chi connectivity index (χ2n) is 7.83. The molecule has 6 nitrogen and oxygen atoms in total. The van der Waals surface area contributed by atoms with E-state index >= 15 is 0 Å². The summed E-state index contributed by atoms with van der Waals surface area (Å²) in [6, 6.07) is 9.28. The number of rotatable bonds is 5. The molecule has 1 aliphatic rings. The largest absolute Gasteiger partial charge is 0.573 e. The molecule has 1 aromatic carbocycles. The highest BCUT2D eigenvalue weighted by atomic mass is 19.4. The fourth-order valence-electron chi connectivity index (χ4n) is 3.65. The van der Waals surface area contributed by atoms with Crippen molar-refractivity contribution >= 4 is 17.4 Å². The van der Waals surface area contributed by atoms with E-state index in [2.05, 4.69) is 31.8 Å². The summed E-state index contributed by atoms with van der Waals surface area (Å²) in [4.78, 5) is 23.1. The van der Waals surface area contributed by atoms with E-state index in [1.54, 1.807) is 12.1 Å². The Morgan fingerprint density at radius 2 is 1.88 bits per heavy atom. The molecule has 3 heterocycles. The van der Waals surface area contributed by atoms with Gasteiger partial charge in [-0.1, -0.05) is 6.92 Å². The van der Waals surface area contributed by atoms with E-state index in [-0.39, 0.29) is 11.3 Å². The summed E-state index contributed by atoms with van der Waals surface area (Å²) in [5.74, 6) is -0.326. The molecular weight excluding hydrogens is 440 g/mol. The number of benzene rings is 1. The monoisotopic (exact) mass is 460 g/mol. The summed E-state index contributed by atoms with van der Waals surface area (Å²) in [7, 11) is 0. The van der Waals surface area contributed by atoms with Crippen molar-refractivity contribution in [3.05, 3.63) is 66.4 Å². The van der Waals surface area contributed by atoms with Crippen LogP contribution in [-0.2, 0) is 0 Å². The summed E-state index contributed by atoms with van der Waals surface area (Å²) < 4.78 is 54.1. The van der Waals surface area contributed by atoms with Gasteiger partial charge in [0.15, 0.2) is 0 Å². The van der Waals surface area contributed by atoms with Gasteiger partial charge in [0.2, 0.25) is 5.95 Å². The van der Waals surface area contributed by atoms with Gasteiger partial charge in [0, 0.05) is 42.3 Å². The zero-order chi connectivity index (χ0) is 23.6. The van der Waals surface area contributed by atoms with Crippen LogP contribution in [0.3, 0.4) is 0 Å². The minimum Gasteiger partial charge on any atom is -0.406 e. The highest BCUT2D eigenvalue weighted by molar-refractivity contribution is 6.05. The van der Waals surface area contributed by atoms with Gasteiger partial charge in [-0.3, -0.25) is 4.79 Å². The van der Waals surface area contributed by atoms with Crippen LogP contribution in [0.4, 0.5) is 29.1 Å². The predicted molar refractivity (Wildman–Crippen MR) is 114 cm³/mol. The SMILES string of the molecule is C[C@@H]1CCN(c2ncc(C(=O)Nc3ccc(OC(F)(F)F)cc3)cc2-c2ccc(F)nc2)C1. The van der Waals surface area contributed by atoms with Gasteiger partial charge in [0.05, 0.1) is 5.56 Å². The quantitative estimate of drug-likeness (QED) is 0.415. The predicted octanol–water partition coefficient (Wildman–Crippen LogP) is 5.28. The van der Waals surface area contributed by atoms with Gasteiger partial charge >= 0.3 is 6.36 Å². The van der Waals surface area contributed by atoms with Crippen molar-refractivity contribution in [2.24, 2.45) is 5.92 Å². The van der Waals surface area contributed by atoms with Crippen LogP contribution in [0.1, 0.15) is 23.7 Å². The molecule has 1 amide bonds. The van der Waals surface area contributed by atoms with E-state index < -0.39 is 24.0 Å². The Morgan fingerprint density at radius 1 is 1.12 bits per heavy atom. The molecule has 2 aromatic heterocycles. The number of alkyl halides is 3. The zero-order valence-electron chi connectivity index (χ0n) is 17.6. The average Bonchev–Trinajstić information content (AvgIpc) is 3.20. The van der Waals surface area contributed by atoms with Crippen LogP contribution in [0.15, 0.2) is 54.9 Å². The molecule has 0 spiro atoms. The summed E-state index contributed by atoms with van der Waals surface area (Å²) in [6.45, 7) is 3.77. The van der Waals surface area contributed by atoms with Crippen LogP contribution in [0.5, 0.6) is 5.75 Å². The number of anilines is 2. The molecule has 33 heavy (non-hydrogen) atoms.